The Bertz CT molecular complexity index is 457. The van der Waals surface area contributed by atoms with Crippen molar-refractivity contribution in [3.8, 4) is 12.0 Å². The van der Waals surface area contributed by atoms with E-state index >= 15 is 0 Å². The highest BCUT2D eigenvalue weighted by molar-refractivity contribution is 5.89. The highest BCUT2D eigenvalue weighted by Gasteiger charge is 2.06. The fourth-order valence-electron chi connectivity index (χ4n) is 1.38. The first-order valence-corrected chi connectivity index (χ1v) is 4.65. The Morgan fingerprint density at radius 1 is 1.53 bits per heavy atom. The third-order valence-electron chi connectivity index (χ3n) is 2.15. The van der Waals surface area contributed by atoms with Crippen LogP contribution in [0.5, 0.6) is 0 Å². The maximum Gasteiger partial charge on any atom is 0.318 e. The first kappa shape index (κ1) is 9.41. The molecule has 0 fully saturated rings. The van der Waals surface area contributed by atoms with Crippen LogP contribution in [0.3, 0.4) is 0 Å². The topological polar surface area (TPSA) is 53.2 Å². The van der Waals surface area contributed by atoms with Gasteiger partial charge in [-0.15, -0.1) is 0 Å². The first-order valence-electron chi connectivity index (χ1n) is 4.65. The van der Waals surface area contributed by atoms with Crippen LogP contribution >= 0.6 is 0 Å². The molecule has 0 spiro atoms. The number of benzene rings is 1. The summed E-state index contributed by atoms with van der Waals surface area (Å²) >= 11 is 0. The summed E-state index contributed by atoms with van der Waals surface area (Å²) in [5.41, 5.74) is 2.89. The summed E-state index contributed by atoms with van der Waals surface area (Å²) in [6.45, 7) is 0. The zero-order valence-electron chi connectivity index (χ0n) is 8.35. The molecule has 0 bridgehead atoms. The molecule has 4 nitrogen and oxygen atoms in total. The van der Waals surface area contributed by atoms with Crippen molar-refractivity contribution >= 4 is 17.4 Å². The van der Waals surface area contributed by atoms with Crippen LogP contribution in [0, 0.1) is 12.0 Å². The van der Waals surface area contributed by atoms with Crippen LogP contribution in [-0.2, 0) is 6.42 Å². The lowest BCUT2D eigenvalue weighted by atomic mass is 10.1. The van der Waals surface area contributed by atoms with E-state index in [2.05, 4.69) is 27.9 Å². The Morgan fingerprint density at radius 3 is 3.20 bits per heavy atom. The van der Waals surface area contributed by atoms with Crippen LogP contribution in [0.4, 0.5) is 16.2 Å². The second kappa shape index (κ2) is 3.93. The normalized spacial score (nSPS) is 11.5. The van der Waals surface area contributed by atoms with E-state index in [1.165, 1.54) is 0 Å². The van der Waals surface area contributed by atoms with E-state index in [4.69, 9.17) is 0 Å². The van der Waals surface area contributed by atoms with Gasteiger partial charge in [-0.3, -0.25) is 0 Å². The Hall–Kier alpha value is -2.15. The summed E-state index contributed by atoms with van der Waals surface area (Å²) < 4.78 is 0. The van der Waals surface area contributed by atoms with Gasteiger partial charge >= 0.3 is 6.03 Å². The number of urea groups is 1. The maximum absolute atomic E-state index is 11.1. The summed E-state index contributed by atoms with van der Waals surface area (Å²) in [6, 6.07) is 8.27. The van der Waals surface area contributed by atoms with Crippen LogP contribution in [-0.4, -0.2) is 13.1 Å². The lowest BCUT2D eigenvalue weighted by Crippen LogP contribution is -2.24. The summed E-state index contributed by atoms with van der Waals surface area (Å²) in [5.74, 6) is 2.95. The first-order chi connectivity index (χ1) is 7.29. The molecule has 1 aliphatic rings. The number of hydrogen-bond donors (Lipinski definition) is 3. The minimum Gasteiger partial charge on any atom is -0.341 e. The SMILES string of the molecule is CNC(=O)Nc1ccc2c(c1)CC#CN2. The Morgan fingerprint density at radius 2 is 2.40 bits per heavy atom. The fourth-order valence-corrected chi connectivity index (χ4v) is 1.38. The Kier molecular flexibility index (Phi) is 2.46. The molecule has 0 aromatic heterocycles. The molecule has 4 heteroatoms. The van der Waals surface area contributed by atoms with Crippen molar-refractivity contribution in [2.75, 3.05) is 17.7 Å². The number of fused-ring (bicyclic) bond motifs is 1. The van der Waals surface area contributed by atoms with E-state index in [0.717, 1.165) is 16.9 Å². The van der Waals surface area contributed by atoms with Gasteiger partial charge in [0.05, 0.1) is 5.69 Å². The van der Waals surface area contributed by atoms with Crippen molar-refractivity contribution in [3.05, 3.63) is 23.8 Å². The minimum absolute atomic E-state index is 0.218. The lowest BCUT2D eigenvalue weighted by molar-refractivity contribution is 0.254. The number of hydrogen-bond acceptors (Lipinski definition) is 2. The maximum atomic E-state index is 11.1. The molecule has 2 amide bonds. The molecular formula is C11H11N3O. The smallest absolute Gasteiger partial charge is 0.318 e. The van der Waals surface area contributed by atoms with Crippen molar-refractivity contribution < 1.29 is 4.79 Å². The second-order valence-corrected chi connectivity index (χ2v) is 3.18. The van der Waals surface area contributed by atoms with Crippen molar-refractivity contribution in [3.63, 3.8) is 0 Å². The van der Waals surface area contributed by atoms with Crippen LogP contribution in [0.15, 0.2) is 18.2 Å². The van der Waals surface area contributed by atoms with Gasteiger partial charge in [-0.2, -0.15) is 0 Å². The van der Waals surface area contributed by atoms with Gasteiger partial charge in [-0.25, -0.2) is 4.79 Å². The zero-order chi connectivity index (χ0) is 10.7. The molecule has 1 aliphatic heterocycles. The predicted octanol–water partition coefficient (Wildman–Crippen LogP) is 1.37. The van der Waals surface area contributed by atoms with Crippen molar-refractivity contribution in [2.24, 2.45) is 0 Å². The summed E-state index contributed by atoms with van der Waals surface area (Å²) in [7, 11) is 1.58. The third-order valence-corrected chi connectivity index (χ3v) is 2.15. The van der Waals surface area contributed by atoms with Gasteiger partial charge in [-0.1, -0.05) is 5.92 Å². The van der Waals surface area contributed by atoms with Crippen molar-refractivity contribution in [2.45, 2.75) is 6.42 Å². The predicted molar refractivity (Wildman–Crippen MR) is 59.6 cm³/mol. The van der Waals surface area contributed by atoms with Crippen molar-refractivity contribution in [1.82, 2.24) is 5.32 Å². The van der Waals surface area contributed by atoms with Gasteiger partial charge in [-0.05, 0) is 23.8 Å². The van der Waals surface area contributed by atoms with Crippen molar-refractivity contribution in [1.29, 1.82) is 0 Å². The average Bonchev–Trinajstić information content (AvgIpc) is 2.29. The molecule has 0 atom stereocenters. The third kappa shape index (κ3) is 2.02. The molecule has 1 aromatic carbocycles. The van der Waals surface area contributed by atoms with Gasteiger partial charge in [0, 0.05) is 25.2 Å². The van der Waals surface area contributed by atoms with E-state index in [1.807, 2.05) is 18.2 Å². The monoisotopic (exact) mass is 201 g/mol. The molecule has 0 aliphatic carbocycles. The molecule has 0 saturated heterocycles. The Balaban J connectivity index is 2.20. The number of carbonyl (C=O) groups is 1. The second-order valence-electron chi connectivity index (χ2n) is 3.18. The van der Waals surface area contributed by atoms with E-state index in [-0.39, 0.29) is 6.03 Å². The van der Waals surface area contributed by atoms with Crippen LogP contribution < -0.4 is 16.0 Å². The Labute approximate surface area is 88.1 Å². The molecule has 1 heterocycles. The standard InChI is InChI=1S/C11H11N3O/c1-12-11(15)14-9-4-5-10-8(7-9)3-2-6-13-10/h4-5,7,13H,3H2,1H3,(H2,12,14,15). The fraction of sp³-hybridized carbons (Fsp3) is 0.182. The van der Waals surface area contributed by atoms with Crippen LogP contribution in [0.25, 0.3) is 0 Å². The molecule has 0 radical (unpaired) electrons. The van der Waals surface area contributed by atoms with Crippen LogP contribution in [0.2, 0.25) is 0 Å². The minimum atomic E-state index is -0.218. The molecule has 0 unspecified atom stereocenters. The number of nitrogens with one attached hydrogen (secondary N) is 3. The average molecular weight is 201 g/mol. The summed E-state index contributed by atoms with van der Waals surface area (Å²) in [4.78, 5) is 11.1. The number of amides is 2. The van der Waals surface area contributed by atoms with Gasteiger partial charge in [0.1, 0.15) is 0 Å². The van der Waals surface area contributed by atoms with E-state index < -0.39 is 0 Å². The highest BCUT2D eigenvalue weighted by atomic mass is 16.2. The highest BCUT2D eigenvalue weighted by Crippen LogP contribution is 2.22. The molecule has 15 heavy (non-hydrogen) atoms. The summed E-state index contributed by atoms with van der Waals surface area (Å²) in [5, 5.41) is 8.18. The quantitative estimate of drug-likeness (QED) is 0.601. The molecule has 3 N–H and O–H groups in total. The number of anilines is 2. The number of rotatable bonds is 1. The van der Waals surface area contributed by atoms with Crippen LogP contribution in [0.1, 0.15) is 5.56 Å². The molecule has 1 aromatic rings. The zero-order valence-corrected chi connectivity index (χ0v) is 8.35. The van der Waals surface area contributed by atoms with Gasteiger partial charge in [0.15, 0.2) is 0 Å². The van der Waals surface area contributed by atoms with Gasteiger partial charge < -0.3 is 16.0 Å². The molecular weight excluding hydrogens is 190 g/mol. The van der Waals surface area contributed by atoms with Gasteiger partial charge in [0.25, 0.3) is 0 Å². The largest absolute Gasteiger partial charge is 0.341 e. The van der Waals surface area contributed by atoms with Gasteiger partial charge in [0.2, 0.25) is 0 Å². The van der Waals surface area contributed by atoms with E-state index in [0.29, 0.717) is 6.42 Å². The lowest BCUT2D eigenvalue weighted by Gasteiger charge is -2.12. The summed E-state index contributed by atoms with van der Waals surface area (Å²) in [6.07, 6.45) is 0.714. The number of carbonyl (C=O) groups excluding carboxylic acids is 1. The molecule has 0 saturated carbocycles. The molecule has 76 valence electrons. The van der Waals surface area contributed by atoms with E-state index in [1.54, 1.807) is 7.05 Å². The van der Waals surface area contributed by atoms with E-state index in [9.17, 15) is 4.79 Å². The molecule has 2 rings (SSSR count).